The van der Waals surface area contributed by atoms with Crippen LogP contribution in [-0.2, 0) is 17.6 Å². The van der Waals surface area contributed by atoms with Crippen LogP contribution in [0.5, 0.6) is 23.0 Å². The van der Waals surface area contributed by atoms with Gasteiger partial charge < -0.3 is 24.4 Å². The fourth-order valence-electron chi connectivity index (χ4n) is 5.70. The summed E-state index contributed by atoms with van der Waals surface area (Å²) < 4.78 is 32.3. The van der Waals surface area contributed by atoms with Gasteiger partial charge in [-0.1, -0.05) is 12.1 Å². The van der Waals surface area contributed by atoms with Crippen LogP contribution < -0.4 is 19.5 Å². The molecule has 9 nitrogen and oxygen atoms in total. The first-order valence-electron chi connectivity index (χ1n) is 14.5. The highest BCUT2D eigenvalue weighted by Crippen LogP contribution is 2.41. The van der Waals surface area contributed by atoms with E-state index in [4.69, 9.17) is 14.2 Å². The van der Waals surface area contributed by atoms with Crippen molar-refractivity contribution in [3.8, 4) is 23.0 Å². The van der Waals surface area contributed by atoms with E-state index in [0.717, 1.165) is 28.7 Å². The number of amides is 2. The lowest BCUT2D eigenvalue weighted by molar-refractivity contribution is -0.133. The molecule has 4 aromatic rings. The van der Waals surface area contributed by atoms with E-state index >= 15 is 0 Å². The quantitative estimate of drug-likeness (QED) is 0.327. The van der Waals surface area contributed by atoms with E-state index in [1.165, 1.54) is 18.2 Å². The molecule has 0 radical (unpaired) electrons. The van der Waals surface area contributed by atoms with E-state index in [2.05, 4.69) is 15.5 Å². The number of fused-ring (bicyclic) bond motifs is 6. The third kappa shape index (κ3) is 6.18. The van der Waals surface area contributed by atoms with Crippen LogP contribution in [0.15, 0.2) is 67.0 Å². The number of benzene rings is 3. The molecular weight excluding hydrogens is 551 g/mol. The van der Waals surface area contributed by atoms with Crippen molar-refractivity contribution in [1.82, 2.24) is 20.4 Å². The second kappa shape index (κ2) is 12.6. The monoisotopic (exact) mass is 584 g/mol. The number of aromatic amines is 1. The molecule has 1 aromatic heterocycles. The molecule has 1 atom stereocenters. The summed E-state index contributed by atoms with van der Waals surface area (Å²) in [5.74, 6) is 0.970. The molecular formula is C33H33FN4O5. The molecule has 3 aliphatic rings. The molecule has 43 heavy (non-hydrogen) atoms. The Kier molecular flexibility index (Phi) is 8.26. The molecule has 4 heterocycles. The van der Waals surface area contributed by atoms with Gasteiger partial charge in [0.15, 0.2) is 11.5 Å². The predicted molar refractivity (Wildman–Crippen MR) is 157 cm³/mol. The average molecular weight is 585 g/mol. The third-order valence-corrected chi connectivity index (χ3v) is 7.86. The second-order valence-corrected chi connectivity index (χ2v) is 10.7. The van der Waals surface area contributed by atoms with Gasteiger partial charge in [-0.3, -0.25) is 14.7 Å². The lowest BCUT2D eigenvalue weighted by Gasteiger charge is -2.38. The van der Waals surface area contributed by atoms with Gasteiger partial charge in [0.25, 0.3) is 5.91 Å². The zero-order chi connectivity index (χ0) is 29.8. The average Bonchev–Trinajstić information content (AvgIpc) is 3.54. The number of ether oxygens (including phenoxy) is 3. The van der Waals surface area contributed by atoms with E-state index < -0.39 is 11.7 Å². The smallest absolute Gasteiger partial charge is 0.254 e. The minimum absolute atomic E-state index is 0.0782. The summed E-state index contributed by atoms with van der Waals surface area (Å²) in [6.45, 7) is 1.13. The molecule has 3 aromatic carbocycles. The predicted octanol–water partition coefficient (Wildman–Crippen LogP) is 5.36. The number of hydrogen-bond acceptors (Lipinski definition) is 6. The summed E-state index contributed by atoms with van der Waals surface area (Å²) >= 11 is 0. The highest BCUT2D eigenvalue weighted by molar-refractivity contribution is 5.94. The zero-order valence-corrected chi connectivity index (χ0v) is 23.9. The molecule has 2 N–H and O–H groups in total. The lowest BCUT2D eigenvalue weighted by Crippen LogP contribution is -2.40. The molecule has 2 amide bonds. The number of rotatable bonds is 5. The van der Waals surface area contributed by atoms with Gasteiger partial charge in [-0.05, 0) is 90.4 Å². The summed E-state index contributed by atoms with van der Waals surface area (Å²) in [7, 11) is 1.58. The normalized spacial score (nSPS) is 16.4. The number of H-pyrrole nitrogens is 1. The molecule has 222 valence electrons. The van der Waals surface area contributed by atoms with Crippen LogP contribution in [-0.4, -0.2) is 53.7 Å². The second-order valence-electron chi connectivity index (χ2n) is 10.7. The van der Waals surface area contributed by atoms with Crippen LogP contribution in [0.25, 0.3) is 0 Å². The first-order chi connectivity index (χ1) is 21.0. The fraction of sp³-hybridized carbons (Fsp3) is 0.303. The molecule has 0 saturated carbocycles. The van der Waals surface area contributed by atoms with Crippen molar-refractivity contribution < 1.29 is 28.2 Å². The molecule has 0 saturated heterocycles. The van der Waals surface area contributed by atoms with Crippen molar-refractivity contribution >= 4 is 11.8 Å². The molecule has 3 aliphatic heterocycles. The molecule has 0 aliphatic carbocycles. The van der Waals surface area contributed by atoms with Gasteiger partial charge in [0.05, 0.1) is 31.5 Å². The van der Waals surface area contributed by atoms with Gasteiger partial charge >= 0.3 is 0 Å². The maximum atomic E-state index is 14.5. The third-order valence-electron chi connectivity index (χ3n) is 7.86. The Bertz CT molecular complexity index is 1620. The molecule has 1 unspecified atom stereocenters. The highest BCUT2D eigenvalue weighted by atomic mass is 19.1. The Morgan fingerprint density at radius 2 is 2.00 bits per heavy atom. The minimum atomic E-state index is -0.625. The lowest BCUT2D eigenvalue weighted by atomic mass is 9.87. The largest absolute Gasteiger partial charge is 0.493 e. The number of hydrogen-bond donors (Lipinski definition) is 2. The molecule has 10 heteroatoms. The number of halogens is 1. The number of methoxy groups -OCH3 is 1. The van der Waals surface area contributed by atoms with Gasteiger partial charge in [-0.2, -0.15) is 5.10 Å². The molecule has 8 bridgehead atoms. The van der Waals surface area contributed by atoms with Crippen molar-refractivity contribution in [2.75, 3.05) is 26.8 Å². The van der Waals surface area contributed by atoms with Crippen molar-refractivity contribution in [2.24, 2.45) is 0 Å². The highest BCUT2D eigenvalue weighted by Gasteiger charge is 2.33. The maximum Gasteiger partial charge on any atom is 0.254 e. The Labute approximate surface area is 249 Å². The SMILES string of the molecule is COc1ccc2cc1OCCCNC(=O)c1cc(ccc1F)Oc1ccc3c(c1)CCN(C(=O)CCCc1cn[nH]c1)C23. The van der Waals surface area contributed by atoms with E-state index in [-0.39, 0.29) is 17.5 Å². The van der Waals surface area contributed by atoms with Gasteiger partial charge in [0, 0.05) is 25.7 Å². The van der Waals surface area contributed by atoms with Crippen LogP contribution in [0.4, 0.5) is 4.39 Å². The zero-order valence-electron chi connectivity index (χ0n) is 23.9. The minimum Gasteiger partial charge on any atom is -0.493 e. The van der Waals surface area contributed by atoms with E-state index in [1.807, 2.05) is 47.5 Å². The van der Waals surface area contributed by atoms with Crippen molar-refractivity contribution in [1.29, 1.82) is 0 Å². The summed E-state index contributed by atoms with van der Waals surface area (Å²) in [5.41, 5.74) is 3.94. The summed E-state index contributed by atoms with van der Waals surface area (Å²) in [6.07, 6.45) is 6.67. The number of carbonyl (C=O) groups is 2. The van der Waals surface area contributed by atoms with Gasteiger partial charge in [0.1, 0.15) is 17.3 Å². The standard InChI is InChI=1S/C33H33FN4O5/c1-41-29-11-6-23-17-30(29)42-15-3-13-35-33(40)27-18-25(8-10-28(27)34)43-24-7-9-26-22(16-24)12-14-38(32(23)26)31(39)5-2-4-21-19-36-37-20-21/h6-11,16-20,32H,2-5,12-15H2,1H3,(H,35,40)(H,36,37). The first-order valence-corrected chi connectivity index (χ1v) is 14.5. The van der Waals surface area contributed by atoms with Crippen LogP contribution in [0.3, 0.4) is 0 Å². The number of aryl methyl sites for hydroxylation is 1. The van der Waals surface area contributed by atoms with E-state index in [0.29, 0.717) is 68.4 Å². The van der Waals surface area contributed by atoms with Crippen molar-refractivity contribution in [2.45, 2.75) is 38.1 Å². The number of nitrogens with zero attached hydrogens (tertiary/aromatic N) is 2. The molecule has 7 rings (SSSR count). The summed E-state index contributed by atoms with van der Waals surface area (Å²) in [4.78, 5) is 28.4. The van der Waals surface area contributed by atoms with Crippen LogP contribution in [0.1, 0.15) is 57.9 Å². The van der Waals surface area contributed by atoms with Gasteiger partial charge in [0.2, 0.25) is 5.91 Å². The number of carbonyl (C=O) groups excluding carboxylic acids is 2. The van der Waals surface area contributed by atoms with E-state index in [9.17, 15) is 14.0 Å². The first kappa shape index (κ1) is 28.3. The Morgan fingerprint density at radius 1 is 1.14 bits per heavy atom. The van der Waals surface area contributed by atoms with Crippen molar-refractivity contribution in [3.05, 3.63) is 101 Å². The Balaban J connectivity index is 1.37. The van der Waals surface area contributed by atoms with Crippen molar-refractivity contribution in [3.63, 3.8) is 0 Å². The summed E-state index contributed by atoms with van der Waals surface area (Å²) in [6, 6.07) is 15.3. The van der Waals surface area contributed by atoms with Crippen LogP contribution >= 0.6 is 0 Å². The fourth-order valence-corrected chi connectivity index (χ4v) is 5.70. The Morgan fingerprint density at radius 3 is 2.84 bits per heavy atom. The Hall–Kier alpha value is -4.86. The number of nitrogens with one attached hydrogen (secondary N) is 2. The topological polar surface area (TPSA) is 106 Å². The van der Waals surface area contributed by atoms with Gasteiger partial charge in [-0.25, -0.2) is 4.39 Å². The van der Waals surface area contributed by atoms with Crippen LogP contribution in [0.2, 0.25) is 0 Å². The summed E-state index contributed by atoms with van der Waals surface area (Å²) in [5, 5.41) is 9.57. The molecule has 0 fully saturated rings. The van der Waals surface area contributed by atoms with Crippen LogP contribution in [0, 0.1) is 5.82 Å². The van der Waals surface area contributed by atoms with E-state index in [1.54, 1.807) is 13.3 Å². The molecule has 0 spiro atoms. The maximum absolute atomic E-state index is 14.5. The number of aromatic nitrogens is 2. The van der Waals surface area contributed by atoms with Gasteiger partial charge in [-0.15, -0.1) is 0 Å².